The van der Waals surface area contributed by atoms with Gasteiger partial charge < -0.3 is 4.74 Å². The normalized spacial score (nSPS) is 10.8. The molecule has 0 saturated heterocycles. The molecule has 2 nitrogen and oxygen atoms in total. The molecule has 2 aromatic rings. The molecule has 0 unspecified atom stereocenters. The van der Waals surface area contributed by atoms with Crippen molar-refractivity contribution in [1.29, 1.82) is 0 Å². The summed E-state index contributed by atoms with van der Waals surface area (Å²) in [6.07, 6.45) is 13.2. The highest BCUT2D eigenvalue weighted by atomic mass is 16.5. The van der Waals surface area contributed by atoms with E-state index in [1.54, 1.807) is 0 Å². The van der Waals surface area contributed by atoms with Gasteiger partial charge in [-0.25, -0.2) is 0 Å². The molecule has 1 aromatic carbocycles. The lowest BCUT2D eigenvalue weighted by molar-refractivity contribution is 0.303. The predicted octanol–water partition coefficient (Wildman–Crippen LogP) is 6.83. The fourth-order valence-electron chi connectivity index (χ4n) is 2.93. The SMILES string of the molecule is CCCCCCCCOc1ccc(-c2ccc(CCCC)cc2)nc1. The number of unbranched alkanes of at least 4 members (excludes halogenated alkanes) is 6. The molecule has 0 aliphatic rings. The first-order valence-electron chi connectivity index (χ1n) is 10.0. The maximum absolute atomic E-state index is 5.80. The van der Waals surface area contributed by atoms with Gasteiger partial charge in [-0.05, 0) is 37.0 Å². The summed E-state index contributed by atoms with van der Waals surface area (Å²) in [6, 6.07) is 12.9. The van der Waals surface area contributed by atoms with Gasteiger partial charge in [-0.3, -0.25) is 4.98 Å². The third kappa shape index (κ3) is 7.29. The number of hydrogen-bond donors (Lipinski definition) is 0. The molecular weight excluding hydrogens is 306 g/mol. The maximum atomic E-state index is 5.80. The van der Waals surface area contributed by atoms with Crippen molar-refractivity contribution in [3.63, 3.8) is 0 Å². The first-order valence-corrected chi connectivity index (χ1v) is 10.0. The topological polar surface area (TPSA) is 22.1 Å². The summed E-state index contributed by atoms with van der Waals surface area (Å²) in [5, 5.41) is 0. The quantitative estimate of drug-likeness (QED) is 0.395. The molecule has 1 aromatic heterocycles. The zero-order valence-corrected chi connectivity index (χ0v) is 16.0. The Morgan fingerprint density at radius 3 is 2.16 bits per heavy atom. The molecule has 25 heavy (non-hydrogen) atoms. The standard InChI is InChI=1S/C23H33NO/c1-3-5-7-8-9-10-18-25-22-16-17-23(24-19-22)21-14-12-20(13-15-21)11-6-4-2/h12-17,19H,3-11,18H2,1-2H3. The van der Waals surface area contributed by atoms with Crippen LogP contribution in [0.1, 0.15) is 70.8 Å². The van der Waals surface area contributed by atoms with Gasteiger partial charge in [0.1, 0.15) is 5.75 Å². The summed E-state index contributed by atoms with van der Waals surface area (Å²) in [6.45, 7) is 5.27. The fraction of sp³-hybridized carbons (Fsp3) is 0.522. The Morgan fingerprint density at radius 1 is 0.760 bits per heavy atom. The minimum Gasteiger partial charge on any atom is -0.492 e. The van der Waals surface area contributed by atoms with Gasteiger partial charge in [-0.15, -0.1) is 0 Å². The third-order valence-corrected chi connectivity index (χ3v) is 4.57. The van der Waals surface area contributed by atoms with Crippen molar-refractivity contribution >= 4 is 0 Å². The molecule has 2 rings (SSSR count). The summed E-state index contributed by atoms with van der Waals surface area (Å²) in [5.41, 5.74) is 3.58. The second kappa shape index (κ2) is 11.7. The summed E-state index contributed by atoms with van der Waals surface area (Å²) in [5.74, 6) is 0.872. The van der Waals surface area contributed by atoms with Crippen molar-refractivity contribution in [2.24, 2.45) is 0 Å². The van der Waals surface area contributed by atoms with E-state index in [2.05, 4.69) is 49.2 Å². The number of nitrogens with zero attached hydrogens (tertiary/aromatic N) is 1. The lowest BCUT2D eigenvalue weighted by atomic mass is 10.0. The first-order chi connectivity index (χ1) is 12.3. The van der Waals surface area contributed by atoms with Crippen molar-refractivity contribution in [2.45, 2.75) is 71.6 Å². The molecule has 0 radical (unpaired) electrons. The zero-order valence-electron chi connectivity index (χ0n) is 16.0. The molecule has 0 bridgehead atoms. The molecular formula is C23H33NO. The van der Waals surface area contributed by atoms with Gasteiger partial charge in [0.2, 0.25) is 0 Å². The van der Waals surface area contributed by atoms with Crippen LogP contribution in [0.5, 0.6) is 5.75 Å². The van der Waals surface area contributed by atoms with E-state index in [1.807, 2.05) is 12.3 Å². The number of hydrogen-bond acceptors (Lipinski definition) is 2. The van der Waals surface area contributed by atoms with E-state index < -0.39 is 0 Å². The molecule has 0 atom stereocenters. The Hall–Kier alpha value is -1.83. The van der Waals surface area contributed by atoms with Crippen LogP contribution in [0.15, 0.2) is 42.6 Å². The number of rotatable bonds is 12. The second-order valence-electron chi connectivity index (χ2n) is 6.80. The highest BCUT2D eigenvalue weighted by molar-refractivity contribution is 5.59. The van der Waals surface area contributed by atoms with Gasteiger partial charge in [0.25, 0.3) is 0 Å². The Kier molecular flexibility index (Phi) is 9.11. The van der Waals surface area contributed by atoms with Crippen LogP contribution in [-0.2, 0) is 6.42 Å². The molecule has 0 aliphatic heterocycles. The smallest absolute Gasteiger partial charge is 0.137 e. The lowest BCUT2D eigenvalue weighted by Gasteiger charge is -2.07. The molecule has 136 valence electrons. The van der Waals surface area contributed by atoms with Crippen LogP contribution in [0.3, 0.4) is 0 Å². The van der Waals surface area contributed by atoms with Gasteiger partial charge >= 0.3 is 0 Å². The number of pyridine rings is 1. The van der Waals surface area contributed by atoms with Crippen molar-refractivity contribution < 1.29 is 4.74 Å². The number of benzene rings is 1. The Bertz CT molecular complexity index is 574. The molecule has 0 N–H and O–H groups in total. The fourth-order valence-corrected chi connectivity index (χ4v) is 2.93. The summed E-state index contributed by atoms with van der Waals surface area (Å²) >= 11 is 0. The van der Waals surface area contributed by atoms with E-state index >= 15 is 0 Å². The molecule has 0 aliphatic carbocycles. The average molecular weight is 340 g/mol. The van der Waals surface area contributed by atoms with Crippen LogP contribution in [0.2, 0.25) is 0 Å². The van der Waals surface area contributed by atoms with Crippen LogP contribution < -0.4 is 4.74 Å². The van der Waals surface area contributed by atoms with Crippen LogP contribution >= 0.6 is 0 Å². The van der Waals surface area contributed by atoms with E-state index in [9.17, 15) is 0 Å². The minimum absolute atomic E-state index is 0.791. The van der Waals surface area contributed by atoms with Gasteiger partial charge in [-0.1, -0.05) is 76.6 Å². The largest absolute Gasteiger partial charge is 0.492 e. The Labute approximate surface area is 153 Å². The highest BCUT2D eigenvalue weighted by Crippen LogP contribution is 2.21. The zero-order chi connectivity index (χ0) is 17.7. The van der Waals surface area contributed by atoms with Crippen molar-refractivity contribution in [2.75, 3.05) is 6.61 Å². The molecule has 2 heteroatoms. The summed E-state index contributed by atoms with van der Waals surface area (Å²) in [4.78, 5) is 4.56. The number of ether oxygens (including phenoxy) is 1. The van der Waals surface area contributed by atoms with Crippen LogP contribution in [0.4, 0.5) is 0 Å². The van der Waals surface area contributed by atoms with E-state index in [-0.39, 0.29) is 0 Å². The van der Waals surface area contributed by atoms with Gasteiger partial charge in [-0.2, -0.15) is 0 Å². The highest BCUT2D eigenvalue weighted by Gasteiger charge is 2.01. The maximum Gasteiger partial charge on any atom is 0.137 e. The molecule has 0 saturated carbocycles. The van der Waals surface area contributed by atoms with Gasteiger partial charge in [0.05, 0.1) is 18.5 Å². The van der Waals surface area contributed by atoms with Crippen LogP contribution in [-0.4, -0.2) is 11.6 Å². The van der Waals surface area contributed by atoms with Gasteiger partial charge in [0, 0.05) is 5.56 Å². The van der Waals surface area contributed by atoms with Crippen LogP contribution in [0, 0.1) is 0 Å². The third-order valence-electron chi connectivity index (χ3n) is 4.57. The minimum atomic E-state index is 0.791. The van der Waals surface area contributed by atoms with E-state index in [0.29, 0.717) is 0 Å². The number of aryl methyl sites for hydroxylation is 1. The van der Waals surface area contributed by atoms with Crippen molar-refractivity contribution in [3.05, 3.63) is 48.2 Å². The molecule has 0 fully saturated rings. The summed E-state index contributed by atoms with van der Waals surface area (Å²) < 4.78 is 5.80. The van der Waals surface area contributed by atoms with E-state index in [1.165, 1.54) is 56.1 Å². The van der Waals surface area contributed by atoms with Crippen molar-refractivity contribution in [1.82, 2.24) is 4.98 Å². The first kappa shape index (κ1) is 19.5. The second-order valence-corrected chi connectivity index (χ2v) is 6.80. The van der Waals surface area contributed by atoms with Crippen LogP contribution in [0.25, 0.3) is 11.3 Å². The number of aromatic nitrogens is 1. The Morgan fingerprint density at radius 2 is 1.48 bits per heavy atom. The monoisotopic (exact) mass is 339 g/mol. The van der Waals surface area contributed by atoms with Crippen molar-refractivity contribution in [3.8, 4) is 17.0 Å². The lowest BCUT2D eigenvalue weighted by Crippen LogP contribution is -1.98. The van der Waals surface area contributed by atoms with E-state index in [0.717, 1.165) is 30.9 Å². The predicted molar refractivity (Wildman–Crippen MR) is 107 cm³/mol. The van der Waals surface area contributed by atoms with Gasteiger partial charge in [0.15, 0.2) is 0 Å². The summed E-state index contributed by atoms with van der Waals surface area (Å²) in [7, 11) is 0. The average Bonchev–Trinajstić information content (AvgIpc) is 2.66. The molecule has 1 heterocycles. The molecule has 0 spiro atoms. The Balaban J connectivity index is 1.75. The van der Waals surface area contributed by atoms with E-state index in [4.69, 9.17) is 4.74 Å². The molecule has 0 amide bonds.